The van der Waals surface area contributed by atoms with Gasteiger partial charge in [-0.1, -0.05) is 6.07 Å². The average Bonchev–Trinajstić information content (AvgIpc) is 3.73. The smallest absolute Gasteiger partial charge is 0.383 e. The van der Waals surface area contributed by atoms with E-state index in [2.05, 4.69) is 20.6 Å². The number of nitrogens with two attached hydrogens (primary N) is 1. The predicted octanol–water partition coefficient (Wildman–Crippen LogP) is 5.20. The molecule has 3 heterocycles. The van der Waals surface area contributed by atoms with E-state index in [9.17, 15) is 22.8 Å². The Hall–Kier alpha value is -4.72. The summed E-state index contributed by atoms with van der Waals surface area (Å²) in [4.78, 5) is 37.3. The molecule has 43 heavy (non-hydrogen) atoms. The third-order valence-corrected chi connectivity index (χ3v) is 7.71. The molecule has 1 aliphatic carbocycles. The first-order valence-electron chi connectivity index (χ1n) is 13.7. The van der Waals surface area contributed by atoms with Crippen LogP contribution in [-0.4, -0.2) is 69.5 Å². The van der Waals surface area contributed by atoms with Gasteiger partial charge in [0.05, 0.1) is 22.2 Å². The summed E-state index contributed by atoms with van der Waals surface area (Å²) in [5, 5.41) is 5.23. The number of carbonyl (C=O) groups excluding carboxylic acids is 2. The number of urea groups is 1. The van der Waals surface area contributed by atoms with Crippen molar-refractivity contribution in [2.45, 2.75) is 25.1 Å². The van der Waals surface area contributed by atoms with Crippen molar-refractivity contribution < 1.29 is 27.2 Å². The molecule has 0 bridgehead atoms. The number of nitrogen functional groups attached to an aromatic ring is 1. The normalized spacial score (nSPS) is 16.0. The average molecular weight is 597 g/mol. The van der Waals surface area contributed by atoms with Gasteiger partial charge in [0.1, 0.15) is 23.6 Å². The monoisotopic (exact) mass is 596 g/mol. The highest BCUT2D eigenvalue weighted by molar-refractivity contribution is 6.03. The van der Waals surface area contributed by atoms with Gasteiger partial charge < -0.3 is 30.7 Å². The van der Waals surface area contributed by atoms with Crippen molar-refractivity contribution >= 4 is 40.2 Å². The zero-order valence-electron chi connectivity index (χ0n) is 23.1. The standard InChI is InChI=1S/C29H28F4N8O2/c1-39-8-10-40(11-9-39)27(42)19-6-3-17(13-21(19)29(31,32)33)37-28(43)38-23-7-2-16(12-22(23)30)20-14-41(18-4-5-18)26-24(20)25(34)35-15-36-26/h2-3,6-7,12-15,18H,4-5,8-11H2,1H3,(H2,34,35,36)(H2,37,38,43). The largest absolute Gasteiger partial charge is 0.417 e. The van der Waals surface area contributed by atoms with Crippen molar-refractivity contribution in [1.82, 2.24) is 24.3 Å². The number of rotatable bonds is 5. The van der Waals surface area contributed by atoms with Gasteiger partial charge in [0.15, 0.2) is 0 Å². The van der Waals surface area contributed by atoms with Crippen LogP contribution in [0.3, 0.4) is 0 Å². The van der Waals surface area contributed by atoms with Crippen molar-refractivity contribution in [2.75, 3.05) is 49.6 Å². The van der Waals surface area contributed by atoms with Crippen LogP contribution in [0.1, 0.15) is 34.8 Å². The van der Waals surface area contributed by atoms with Crippen LogP contribution >= 0.6 is 0 Å². The Morgan fingerprint density at radius 3 is 2.42 bits per heavy atom. The molecule has 10 nitrogen and oxygen atoms in total. The van der Waals surface area contributed by atoms with Gasteiger partial charge in [-0.25, -0.2) is 19.2 Å². The summed E-state index contributed by atoms with van der Waals surface area (Å²) in [6, 6.07) is 6.46. The molecule has 0 atom stereocenters. The molecule has 14 heteroatoms. The molecule has 0 unspecified atom stereocenters. The lowest BCUT2D eigenvalue weighted by atomic mass is 10.0. The second kappa shape index (κ2) is 10.8. The summed E-state index contributed by atoms with van der Waals surface area (Å²) in [7, 11) is 1.87. The van der Waals surface area contributed by atoms with Crippen LogP contribution in [0.4, 0.5) is 39.5 Å². The number of benzene rings is 2. The maximum absolute atomic E-state index is 15.2. The number of carbonyl (C=O) groups is 2. The van der Waals surface area contributed by atoms with Crippen LogP contribution in [0.25, 0.3) is 22.2 Å². The number of likely N-dealkylation sites (N-methyl/N-ethyl adjacent to an activating group) is 1. The highest BCUT2D eigenvalue weighted by Crippen LogP contribution is 2.42. The van der Waals surface area contributed by atoms with Crippen LogP contribution in [0.2, 0.25) is 0 Å². The number of piperazine rings is 1. The van der Waals surface area contributed by atoms with E-state index in [1.54, 1.807) is 6.07 Å². The van der Waals surface area contributed by atoms with Crippen molar-refractivity contribution in [3.63, 3.8) is 0 Å². The van der Waals surface area contributed by atoms with Crippen LogP contribution < -0.4 is 16.4 Å². The van der Waals surface area contributed by atoms with E-state index in [0.717, 1.165) is 18.9 Å². The zero-order valence-corrected chi connectivity index (χ0v) is 23.1. The van der Waals surface area contributed by atoms with E-state index in [4.69, 9.17) is 5.73 Å². The zero-order chi connectivity index (χ0) is 30.5. The minimum absolute atomic E-state index is 0.186. The number of nitrogens with one attached hydrogen (secondary N) is 2. The van der Waals surface area contributed by atoms with Crippen LogP contribution in [0.15, 0.2) is 48.9 Å². The van der Waals surface area contributed by atoms with Gasteiger partial charge in [0.25, 0.3) is 5.91 Å². The molecule has 1 saturated heterocycles. The molecule has 4 aromatic rings. The molecule has 0 spiro atoms. The summed E-state index contributed by atoms with van der Waals surface area (Å²) in [5.74, 6) is -1.23. The number of aromatic nitrogens is 3. The molecule has 4 N–H and O–H groups in total. The van der Waals surface area contributed by atoms with Gasteiger partial charge >= 0.3 is 12.2 Å². The van der Waals surface area contributed by atoms with E-state index in [1.165, 1.54) is 29.4 Å². The van der Waals surface area contributed by atoms with E-state index < -0.39 is 35.1 Å². The highest BCUT2D eigenvalue weighted by Gasteiger charge is 2.37. The Kier molecular flexibility index (Phi) is 7.16. The number of hydrogen-bond donors (Lipinski definition) is 3. The van der Waals surface area contributed by atoms with Gasteiger partial charge in [-0.15, -0.1) is 0 Å². The Labute approximate surface area is 243 Å². The number of fused-ring (bicyclic) bond motifs is 1. The maximum Gasteiger partial charge on any atom is 0.417 e. The van der Waals surface area contributed by atoms with Gasteiger partial charge in [0, 0.05) is 49.7 Å². The quantitative estimate of drug-likeness (QED) is 0.272. The molecule has 2 aromatic heterocycles. The lowest BCUT2D eigenvalue weighted by Gasteiger charge is -2.33. The van der Waals surface area contributed by atoms with E-state index in [0.29, 0.717) is 54.4 Å². The Bertz CT molecular complexity index is 1730. The first-order chi connectivity index (χ1) is 20.5. The lowest BCUT2D eigenvalue weighted by molar-refractivity contribution is -0.138. The number of halogens is 4. The number of hydrogen-bond acceptors (Lipinski definition) is 6. The number of alkyl halides is 3. The summed E-state index contributed by atoms with van der Waals surface area (Å²) in [6.07, 6.45) is 0.394. The van der Waals surface area contributed by atoms with Crippen molar-refractivity contribution in [3.8, 4) is 11.1 Å². The van der Waals surface area contributed by atoms with E-state index >= 15 is 4.39 Å². The van der Waals surface area contributed by atoms with Crippen LogP contribution in [-0.2, 0) is 6.18 Å². The van der Waals surface area contributed by atoms with Crippen molar-refractivity contribution in [2.24, 2.45) is 0 Å². The first-order valence-corrected chi connectivity index (χ1v) is 13.7. The summed E-state index contributed by atoms with van der Waals surface area (Å²) < 4.78 is 59.0. The number of nitrogens with zero attached hydrogens (tertiary/aromatic N) is 5. The third-order valence-electron chi connectivity index (χ3n) is 7.71. The minimum Gasteiger partial charge on any atom is -0.383 e. The van der Waals surface area contributed by atoms with Crippen LogP contribution in [0.5, 0.6) is 0 Å². The van der Waals surface area contributed by atoms with Gasteiger partial charge in [0.2, 0.25) is 0 Å². The molecule has 0 radical (unpaired) electrons. The van der Waals surface area contributed by atoms with Crippen molar-refractivity contribution in [3.05, 3.63) is 65.9 Å². The molecule has 1 saturated carbocycles. The summed E-state index contributed by atoms with van der Waals surface area (Å²) >= 11 is 0. The molecule has 224 valence electrons. The fourth-order valence-corrected chi connectivity index (χ4v) is 5.25. The molecule has 2 fully saturated rings. The molecule has 2 aromatic carbocycles. The van der Waals surface area contributed by atoms with Crippen LogP contribution in [0, 0.1) is 5.82 Å². The minimum atomic E-state index is -4.84. The Morgan fingerprint density at radius 1 is 1.00 bits per heavy atom. The SMILES string of the molecule is CN1CCN(C(=O)c2ccc(NC(=O)Nc3ccc(-c4cn(C5CC5)c5ncnc(N)c45)cc3F)cc2C(F)(F)F)CC1. The number of amides is 3. The summed E-state index contributed by atoms with van der Waals surface area (Å²) in [5.41, 5.74) is 5.85. The third kappa shape index (κ3) is 5.69. The molecule has 1 aliphatic heterocycles. The maximum atomic E-state index is 15.2. The Balaban J connectivity index is 1.20. The lowest BCUT2D eigenvalue weighted by Crippen LogP contribution is -2.47. The van der Waals surface area contributed by atoms with Gasteiger partial charge in [-0.2, -0.15) is 13.2 Å². The fraction of sp³-hybridized carbons (Fsp3) is 0.310. The Morgan fingerprint density at radius 2 is 1.74 bits per heavy atom. The molecule has 6 rings (SSSR count). The van der Waals surface area contributed by atoms with Crippen molar-refractivity contribution in [1.29, 1.82) is 0 Å². The second-order valence-electron chi connectivity index (χ2n) is 10.8. The molecular weight excluding hydrogens is 568 g/mol. The van der Waals surface area contributed by atoms with E-state index in [1.807, 2.05) is 22.7 Å². The molecule has 2 aliphatic rings. The predicted molar refractivity (Wildman–Crippen MR) is 153 cm³/mol. The number of anilines is 3. The summed E-state index contributed by atoms with van der Waals surface area (Å²) in [6.45, 7) is 1.72. The molecular formula is C29H28F4N8O2. The van der Waals surface area contributed by atoms with Gasteiger partial charge in [-0.3, -0.25) is 4.79 Å². The molecule has 3 amide bonds. The highest BCUT2D eigenvalue weighted by atomic mass is 19.4. The second-order valence-corrected chi connectivity index (χ2v) is 10.8. The fourth-order valence-electron chi connectivity index (χ4n) is 5.25. The van der Waals surface area contributed by atoms with E-state index in [-0.39, 0.29) is 23.2 Å². The van der Waals surface area contributed by atoms with Gasteiger partial charge in [-0.05, 0) is 55.8 Å². The first kappa shape index (κ1) is 28.4. The topological polar surface area (TPSA) is 121 Å².